The van der Waals surface area contributed by atoms with Crippen LogP contribution in [0.5, 0.6) is 0 Å². The summed E-state index contributed by atoms with van der Waals surface area (Å²) in [5, 5.41) is 4.07. The van der Waals surface area contributed by atoms with Crippen molar-refractivity contribution in [3.63, 3.8) is 0 Å². The minimum Gasteiger partial charge on any atom is -0.450 e. The van der Waals surface area contributed by atoms with Gasteiger partial charge in [0, 0.05) is 19.1 Å². The maximum absolute atomic E-state index is 13.4. The van der Waals surface area contributed by atoms with Crippen molar-refractivity contribution in [2.75, 3.05) is 25.4 Å². The number of rotatable bonds is 6. The molecule has 9 heteroatoms. The van der Waals surface area contributed by atoms with Gasteiger partial charge in [0.1, 0.15) is 0 Å². The third kappa shape index (κ3) is 5.85. The molecule has 0 spiro atoms. The van der Waals surface area contributed by atoms with Gasteiger partial charge >= 0.3 is 6.09 Å². The fraction of sp³-hybridized carbons (Fsp3) is 0.385. The van der Waals surface area contributed by atoms with Crippen LogP contribution in [0.4, 0.5) is 4.79 Å². The summed E-state index contributed by atoms with van der Waals surface area (Å²) >= 11 is 1.25. The highest BCUT2D eigenvalue weighted by Gasteiger charge is 2.25. The van der Waals surface area contributed by atoms with E-state index in [1.807, 2.05) is 44.2 Å². The Kier molecular flexibility index (Phi) is 7.75. The lowest BCUT2D eigenvalue weighted by Gasteiger charge is -2.31. The van der Waals surface area contributed by atoms with Crippen LogP contribution in [-0.4, -0.2) is 57.9 Å². The molecule has 4 rings (SSSR count). The van der Waals surface area contributed by atoms with E-state index in [1.165, 1.54) is 11.8 Å². The minimum atomic E-state index is -0.306. The molecule has 2 heterocycles. The van der Waals surface area contributed by atoms with E-state index in [1.54, 1.807) is 22.5 Å². The molecule has 0 aliphatic carbocycles. The van der Waals surface area contributed by atoms with E-state index >= 15 is 0 Å². The van der Waals surface area contributed by atoms with E-state index in [0.717, 1.165) is 16.8 Å². The van der Waals surface area contributed by atoms with E-state index in [2.05, 4.69) is 11.4 Å². The average molecular weight is 495 g/mol. The molecule has 1 aromatic heterocycles. The van der Waals surface area contributed by atoms with Crippen LogP contribution < -0.4 is 10.9 Å². The van der Waals surface area contributed by atoms with Gasteiger partial charge < -0.3 is 15.0 Å². The normalized spacial score (nSPS) is 14.2. The molecule has 1 aliphatic rings. The lowest BCUT2D eigenvalue weighted by molar-refractivity contribution is -0.119. The van der Waals surface area contributed by atoms with E-state index in [4.69, 9.17) is 9.72 Å². The Hall–Kier alpha value is -3.33. The molecular formula is C26H30N4O4S. The molecule has 1 aliphatic heterocycles. The van der Waals surface area contributed by atoms with E-state index in [-0.39, 0.29) is 29.4 Å². The largest absolute Gasteiger partial charge is 0.450 e. The van der Waals surface area contributed by atoms with Gasteiger partial charge in [0.05, 0.1) is 29.0 Å². The fourth-order valence-corrected chi connectivity index (χ4v) is 5.16. The number of nitrogens with one attached hydrogen (secondary N) is 1. The first-order chi connectivity index (χ1) is 16.9. The molecule has 0 saturated carbocycles. The lowest BCUT2D eigenvalue weighted by Crippen LogP contribution is -2.47. The lowest BCUT2D eigenvalue weighted by atomic mass is 10.1. The summed E-state index contributed by atoms with van der Waals surface area (Å²) < 4.78 is 6.64. The maximum Gasteiger partial charge on any atom is 0.409 e. The Morgan fingerprint density at radius 3 is 2.49 bits per heavy atom. The van der Waals surface area contributed by atoms with Crippen LogP contribution in [0.1, 0.15) is 30.9 Å². The zero-order valence-corrected chi connectivity index (χ0v) is 21.1. The summed E-state index contributed by atoms with van der Waals surface area (Å²) in [7, 11) is 0. The van der Waals surface area contributed by atoms with Crippen LogP contribution in [0.15, 0.2) is 52.4 Å². The number of aromatic nitrogens is 2. The van der Waals surface area contributed by atoms with Gasteiger partial charge in [-0.1, -0.05) is 30.0 Å². The van der Waals surface area contributed by atoms with Crippen LogP contribution in [0, 0.1) is 13.8 Å². The molecule has 0 atom stereocenters. The second-order valence-corrected chi connectivity index (χ2v) is 9.66. The van der Waals surface area contributed by atoms with Gasteiger partial charge in [-0.3, -0.25) is 14.2 Å². The molecule has 0 bridgehead atoms. The number of ether oxygens (including phenoxy) is 1. The second-order valence-electron chi connectivity index (χ2n) is 8.71. The summed E-state index contributed by atoms with van der Waals surface area (Å²) in [6, 6.07) is 13.2. The second kappa shape index (κ2) is 10.9. The van der Waals surface area contributed by atoms with Gasteiger partial charge in [0.25, 0.3) is 5.56 Å². The molecule has 1 saturated heterocycles. The van der Waals surface area contributed by atoms with E-state index in [0.29, 0.717) is 48.6 Å². The number of likely N-dealkylation sites (tertiary alicyclic amines) is 1. The Labute approximate surface area is 208 Å². The first-order valence-electron chi connectivity index (χ1n) is 11.8. The van der Waals surface area contributed by atoms with Crippen molar-refractivity contribution in [1.82, 2.24) is 19.8 Å². The number of nitrogens with zero attached hydrogens (tertiary/aromatic N) is 3. The molecule has 2 amide bonds. The number of para-hydroxylation sites is 1. The number of amides is 2. The van der Waals surface area contributed by atoms with E-state index in [9.17, 15) is 14.4 Å². The molecule has 8 nitrogen and oxygen atoms in total. The number of carbonyl (C=O) groups is 2. The van der Waals surface area contributed by atoms with Crippen molar-refractivity contribution < 1.29 is 14.3 Å². The summed E-state index contributed by atoms with van der Waals surface area (Å²) in [5.41, 5.74) is 3.27. The summed E-state index contributed by atoms with van der Waals surface area (Å²) in [6.45, 7) is 7.22. The van der Waals surface area contributed by atoms with Crippen molar-refractivity contribution >= 4 is 34.7 Å². The topological polar surface area (TPSA) is 93.5 Å². The van der Waals surface area contributed by atoms with Gasteiger partial charge in [-0.25, -0.2) is 9.78 Å². The standard InChI is InChI=1S/C26H30N4O4S/c1-4-34-26(33)29-11-9-19(10-12-29)27-23(31)16-35-25-28-22-8-6-5-7-21(22)24(32)30(25)20-14-17(2)13-18(3)15-20/h5-8,13-15,19H,4,9-12,16H2,1-3H3,(H,27,31). The fourth-order valence-electron chi connectivity index (χ4n) is 4.34. The quantitative estimate of drug-likeness (QED) is 0.414. The molecule has 2 aromatic carbocycles. The van der Waals surface area contributed by atoms with Gasteiger partial charge in [-0.05, 0) is 69.0 Å². The molecular weight excluding hydrogens is 464 g/mol. The Morgan fingerprint density at radius 1 is 1.11 bits per heavy atom. The van der Waals surface area contributed by atoms with Gasteiger partial charge in [-0.2, -0.15) is 0 Å². The van der Waals surface area contributed by atoms with Gasteiger partial charge in [0.2, 0.25) is 5.91 Å². The number of hydrogen-bond acceptors (Lipinski definition) is 6. The number of benzene rings is 2. The third-order valence-electron chi connectivity index (χ3n) is 5.93. The van der Waals surface area contributed by atoms with Crippen LogP contribution in [-0.2, 0) is 9.53 Å². The highest BCUT2D eigenvalue weighted by molar-refractivity contribution is 7.99. The Morgan fingerprint density at radius 2 is 1.80 bits per heavy atom. The minimum absolute atomic E-state index is 0.0000420. The Bertz CT molecular complexity index is 1280. The first kappa shape index (κ1) is 24.8. The zero-order chi connectivity index (χ0) is 24.9. The summed E-state index contributed by atoms with van der Waals surface area (Å²) in [4.78, 5) is 44.5. The molecule has 0 radical (unpaired) electrons. The van der Waals surface area contributed by atoms with Gasteiger partial charge in [-0.15, -0.1) is 0 Å². The molecule has 1 N–H and O–H groups in total. The predicted octanol–water partition coefficient (Wildman–Crippen LogP) is 3.83. The Balaban J connectivity index is 1.50. The average Bonchev–Trinajstić information content (AvgIpc) is 2.83. The number of thioether (sulfide) groups is 1. The molecule has 35 heavy (non-hydrogen) atoms. The van der Waals surface area contributed by atoms with Crippen LogP contribution in [0.25, 0.3) is 16.6 Å². The van der Waals surface area contributed by atoms with Gasteiger partial charge in [0.15, 0.2) is 5.16 Å². The van der Waals surface area contributed by atoms with Crippen molar-refractivity contribution in [3.05, 3.63) is 63.9 Å². The number of aryl methyl sites for hydroxylation is 2. The maximum atomic E-state index is 13.4. The van der Waals surface area contributed by atoms with Crippen LogP contribution in [0.3, 0.4) is 0 Å². The molecule has 1 fully saturated rings. The van der Waals surface area contributed by atoms with Crippen molar-refractivity contribution in [2.45, 2.75) is 44.8 Å². The highest BCUT2D eigenvalue weighted by Crippen LogP contribution is 2.23. The summed E-state index contributed by atoms with van der Waals surface area (Å²) in [6.07, 6.45) is 1.05. The van der Waals surface area contributed by atoms with Crippen molar-refractivity contribution in [3.8, 4) is 5.69 Å². The van der Waals surface area contributed by atoms with Crippen LogP contribution >= 0.6 is 11.8 Å². The molecule has 184 valence electrons. The predicted molar refractivity (Wildman–Crippen MR) is 137 cm³/mol. The first-order valence-corrected chi connectivity index (χ1v) is 12.8. The summed E-state index contributed by atoms with van der Waals surface area (Å²) in [5.74, 6) is 0.00665. The van der Waals surface area contributed by atoms with Crippen molar-refractivity contribution in [1.29, 1.82) is 0 Å². The molecule has 3 aromatic rings. The number of fused-ring (bicyclic) bond motifs is 1. The number of hydrogen-bond donors (Lipinski definition) is 1. The molecule has 0 unspecified atom stereocenters. The third-order valence-corrected chi connectivity index (χ3v) is 6.87. The van der Waals surface area contributed by atoms with E-state index < -0.39 is 0 Å². The number of piperidine rings is 1. The highest BCUT2D eigenvalue weighted by atomic mass is 32.2. The van der Waals surface area contributed by atoms with Crippen LogP contribution in [0.2, 0.25) is 0 Å². The zero-order valence-electron chi connectivity index (χ0n) is 20.2. The monoisotopic (exact) mass is 494 g/mol. The smallest absolute Gasteiger partial charge is 0.409 e. The number of carbonyl (C=O) groups excluding carboxylic acids is 2. The van der Waals surface area contributed by atoms with Crippen molar-refractivity contribution in [2.24, 2.45) is 0 Å². The SMILES string of the molecule is CCOC(=O)N1CCC(NC(=O)CSc2nc3ccccc3c(=O)n2-c2cc(C)cc(C)c2)CC1.